The minimum Gasteiger partial charge on any atom is -0.323 e. The molecule has 1 N–H and O–H groups in total. The Morgan fingerprint density at radius 3 is 2.50 bits per heavy atom. The van der Waals surface area contributed by atoms with E-state index in [-0.39, 0.29) is 11.8 Å². The van der Waals surface area contributed by atoms with Gasteiger partial charge in [-0.15, -0.1) is 0 Å². The molecule has 2 aromatic carbocycles. The lowest BCUT2D eigenvalue weighted by molar-refractivity contribution is 0.211. The number of benzene rings is 2. The fraction of sp³-hybridized carbons (Fsp3) is 0.316. The summed E-state index contributed by atoms with van der Waals surface area (Å²) in [5, 5.41) is 3.72. The summed E-state index contributed by atoms with van der Waals surface area (Å²) in [7, 11) is 0. The van der Waals surface area contributed by atoms with E-state index < -0.39 is 0 Å². The molecule has 7 heteroatoms. The van der Waals surface area contributed by atoms with E-state index in [4.69, 9.17) is 23.2 Å². The minimum atomic E-state index is -0.227. The maximum Gasteiger partial charge on any atom is 0.321 e. The van der Waals surface area contributed by atoms with E-state index >= 15 is 0 Å². The van der Waals surface area contributed by atoms with Gasteiger partial charge in [-0.05, 0) is 42.3 Å². The van der Waals surface area contributed by atoms with Crippen molar-refractivity contribution in [1.82, 2.24) is 9.80 Å². The van der Waals surface area contributed by atoms with Crippen LogP contribution in [0.25, 0.3) is 0 Å². The highest BCUT2D eigenvalue weighted by Crippen LogP contribution is 2.25. The maximum absolute atomic E-state index is 13.0. The van der Waals surface area contributed by atoms with Gasteiger partial charge in [0, 0.05) is 38.4 Å². The average molecular weight is 396 g/mol. The predicted molar refractivity (Wildman–Crippen MR) is 103 cm³/mol. The van der Waals surface area contributed by atoms with Gasteiger partial charge in [0.25, 0.3) is 0 Å². The second-order valence-electron chi connectivity index (χ2n) is 6.30. The van der Waals surface area contributed by atoms with E-state index in [2.05, 4.69) is 10.2 Å². The molecule has 0 spiro atoms. The van der Waals surface area contributed by atoms with E-state index in [1.807, 2.05) is 0 Å². The molecule has 0 saturated carbocycles. The van der Waals surface area contributed by atoms with Crippen LogP contribution in [0.2, 0.25) is 10.0 Å². The normalized spacial score (nSPS) is 15.6. The zero-order valence-corrected chi connectivity index (χ0v) is 15.7. The van der Waals surface area contributed by atoms with Gasteiger partial charge in [0.05, 0.1) is 10.0 Å². The van der Waals surface area contributed by atoms with Crippen LogP contribution >= 0.6 is 23.2 Å². The highest BCUT2D eigenvalue weighted by atomic mass is 35.5. The molecule has 1 aliphatic heterocycles. The number of hydrogen-bond acceptors (Lipinski definition) is 2. The molecule has 2 aromatic rings. The molecule has 26 heavy (non-hydrogen) atoms. The van der Waals surface area contributed by atoms with Crippen LogP contribution in [0.5, 0.6) is 0 Å². The average Bonchev–Trinajstić information content (AvgIpc) is 2.86. The van der Waals surface area contributed by atoms with Gasteiger partial charge in [-0.3, -0.25) is 4.90 Å². The van der Waals surface area contributed by atoms with Crippen LogP contribution in [0.3, 0.4) is 0 Å². The Hall–Kier alpha value is -1.82. The summed E-state index contributed by atoms with van der Waals surface area (Å²) >= 11 is 11.9. The Morgan fingerprint density at radius 2 is 1.77 bits per heavy atom. The maximum atomic E-state index is 13.0. The topological polar surface area (TPSA) is 35.6 Å². The highest BCUT2D eigenvalue weighted by Gasteiger charge is 2.19. The van der Waals surface area contributed by atoms with E-state index in [1.165, 1.54) is 12.1 Å². The van der Waals surface area contributed by atoms with Crippen LogP contribution in [0, 0.1) is 5.82 Å². The first-order valence-electron chi connectivity index (χ1n) is 8.49. The number of urea groups is 1. The Labute approximate surface area is 162 Å². The van der Waals surface area contributed by atoms with Crippen molar-refractivity contribution in [1.29, 1.82) is 0 Å². The number of halogens is 3. The lowest BCUT2D eigenvalue weighted by Gasteiger charge is -2.22. The second-order valence-corrected chi connectivity index (χ2v) is 7.12. The first kappa shape index (κ1) is 19.0. The van der Waals surface area contributed by atoms with Crippen LogP contribution in [-0.4, -0.2) is 42.0 Å². The van der Waals surface area contributed by atoms with E-state index in [0.29, 0.717) is 28.8 Å². The summed E-state index contributed by atoms with van der Waals surface area (Å²) in [4.78, 5) is 16.6. The lowest BCUT2D eigenvalue weighted by Crippen LogP contribution is -2.38. The number of anilines is 1. The third-order valence-corrected chi connectivity index (χ3v) is 5.11. The Morgan fingerprint density at radius 1 is 1.00 bits per heavy atom. The van der Waals surface area contributed by atoms with Crippen molar-refractivity contribution >= 4 is 34.9 Å². The van der Waals surface area contributed by atoms with Crippen LogP contribution in [-0.2, 0) is 6.54 Å². The molecule has 0 unspecified atom stereocenters. The summed E-state index contributed by atoms with van der Waals surface area (Å²) in [6.07, 6.45) is 0.885. The summed E-state index contributed by atoms with van der Waals surface area (Å²) in [6, 6.07) is 11.4. The summed E-state index contributed by atoms with van der Waals surface area (Å²) in [6.45, 7) is 3.74. The molecule has 4 nitrogen and oxygen atoms in total. The third-order valence-electron chi connectivity index (χ3n) is 4.37. The van der Waals surface area contributed by atoms with E-state index in [0.717, 1.165) is 31.6 Å². The Kier molecular flexibility index (Phi) is 6.35. The predicted octanol–water partition coefficient (Wildman–Crippen LogP) is 4.87. The first-order valence-corrected chi connectivity index (χ1v) is 9.24. The van der Waals surface area contributed by atoms with Crippen molar-refractivity contribution < 1.29 is 9.18 Å². The smallest absolute Gasteiger partial charge is 0.321 e. The summed E-state index contributed by atoms with van der Waals surface area (Å²) in [5.41, 5.74) is 1.69. The lowest BCUT2D eigenvalue weighted by atomic mass is 10.2. The molecular formula is C19H20Cl2FN3O. The quantitative estimate of drug-likeness (QED) is 0.804. The van der Waals surface area contributed by atoms with Crippen LogP contribution in [0.4, 0.5) is 14.9 Å². The van der Waals surface area contributed by atoms with Crippen LogP contribution < -0.4 is 5.32 Å². The third kappa shape index (κ3) is 5.10. The molecule has 0 atom stereocenters. The summed E-state index contributed by atoms with van der Waals surface area (Å²) < 4.78 is 13.0. The van der Waals surface area contributed by atoms with E-state index in [1.54, 1.807) is 35.2 Å². The number of nitrogens with one attached hydrogen (secondary N) is 1. The van der Waals surface area contributed by atoms with Gasteiger partial charge in [0.2, 0.25) is 0 Å². The van der Waals surface area contributed by atoms with Gasteiger partial charge < -0.3 is 10.2 Å². The first-order chi connectivity index (χ1) is 12.5. The Balaban J connectivity index is 1.54. The molecule has 1 aliphatic rings. The molecule has 1 saturated heterocycles. The fourth-order valence-electron chi connectivity index (χ4n) is 2.96. The van der Waals surface area contributed by atoms with Gasteiger partial charge >= 0.3 is 6.03 Å². The summed E-state index contributed by atoms with van der Waals surface area (Å²) in [5.74, 6) is -0.227. The molecule has 1 heterocycles. The van der Waals surface area contributed by atoms with Crippen molar-refractivity contribution in [3.8, 4) is 0 Å². The minimum absolute atomic E-state index is 0.146. The molecule has 2 amide bonds. The molecule has 0 aromatic heterocycles. The number of carbonyl (C=O) groups excluding carboxylic acids is 1. The van der Waals surface area contributed by atoms with Crippen molar-refractivity contribution in [2.75, 3.05) is 31.5 Å². The fourth-order valence-corrected chi connectivity index (χ4v) is 3.25. The van der Waals surface area contributed by atoms with Crippen molar-refractivity contribution in [3.63, 3.8) is 0 Å². The zero-order chi connectivity index (χ0) is 18.5. The Bertz CT molecular complexity index is 770. The molecule has 1 fully saturated rings. The largest absolute Gasteiger partial charge is 0.323 e. The van der Waals surface area contributed by atoms with Crippen molar-refractivity contribution in [3.05, 3.63) is 63.9 Å². The zero-order valence-electron chi connectivity index (χ0n) is 14.2. The molecular weight excluding hydrogens is 376 g/mol. The van der Waals surface area contributed by atoms with Gasteiger partial charge in [-0.2, -0.15) is 0 Å². The second kappa shape index (κ2) is 8.71. The molecule has 138 valence electrons. The van der Waals surface area contributed by atoms with E-state index in [9.17, 15) is 9.18 Å². The monoisotopic (exact) mass is 395 g/mol. The van der Waals surface area contributed by atoms with Gasteiger partial charge in [-0.25, -0.2) is 9.18 Å². The molecule has 0 aliphatic carbocycles. The van der Waals surface area contributed by atoms with Crippen LogP contribution in [0.1, 0.15) is 12.0 Å². The van der Waals surface area contributed by atoms with Crippen LogP contribution in [0.15, 0.2) is 42.5 Å². The number of carbonyl (C=O) groups is 1. The number of amides is 2. The van der Waals surface area contributed by atoms with Gasteiger partial charge in [0.15, 0.2) is 0 Å². The van der Waals surface area contributed by atoms with Gasteiger partial charge in [-0.1, -0.05) is 35.3 Å². The number of rotatable bonds is 3. The molecule has 3 rings (SSSR count). The SMILES string of the molecule is O=C(Nc1ccc(Cl)c(Cl)c1)N1CCCN(Cc2ccc(F)cc2)CC1. The van der Waals surface area contributed by atoms with Crippen molar-refractivity contribution in [2.45, 2.75) is 13.0 Å². The molecule has 0 radical (unpaired) electrons. The highest BCUT2D eigenvalue weighted by molar-refractivity contribution is 6.42. The van der Waals surface area contributed by atoms with Crippen molar-refractivity contribution in [2.24, 2.45) is 0 Å². The molecule has 0 bridgehead atoms. The van der Waals surface area contributed by atoms with Gasteiger partial charge in [0.1, 0.15) is 5.82 Å². The number of nitrogens with zero attached hydrogens (tertiary/aromatic N) is 2. The standard InChI is InChI=1S/C19H20Cl2FN3O/c20-17-7-6-16(12-18(17)21)23-19(26)25-9-1-8-24(10-11-25)13-14-2-4-15(22)5-3-14/h2-7,12H,1,8-11,13H2,(H,23,26). The number of hydrogen-bond donors (Lipinski definition) is 1.